The number of hydrogen-bond acceptors (Lipinski definition) is 4. The van der Waals surface area contributed by atoms with E-state index in [1.54, 1.807) is 24.3 Å². The van der Waals surface area contributed by atoms with Crippen molar-refractivity contribution in [2.45, 2.75) is 0 Å². The van der Waals surface area contributed by atoms with Crippen LogP contribution >= 0.6 is 11.8 Å². The largest absolute Gasteiger partial charge is 0.409 e. The lowest BCUT2D eigenvalue weighted by Gasteiger charge is -2.04. The van der Waals surface area contributed by atoms with E-state index in [0.29, 0.717) is 17.0 Å². The van der Waals surface area contributed by atoms with Crippen LogP contribution in [-0.4, -0.2) is 29.0 Å². The first-order valence-corrected chi connectivity index (χ1v) is 5.93. The lowest BCUT2D eigenvalue weighted by molar-refractivity contribution is -0.113. The zero-order valence-corrected chi connectivity index (χ0v) is 9.62. The van der Waals surface area contributed by atoms with Crippen molar-refractivity contribution in [2.24, 2.45) is 10.9 Å². The summed E-state index contributed by atoms with van der Waals surface area (Å²) in [5.41, 5.74) is 6.69. The van der Waals surface area contributed by atoms with Crippen molar-refractivity contribution >= 4 is 29.2 Å². The molecule has 16 heavy (non-hydrogen) atoms. The van der Waals surface area contributed by atoms with Gasteiger partial charge in [-0.15, -0.1) is 0 Å². The Balaban J connectivity index is 2.68. The standard InChI is InChI=1S/C10H13N3O2S/c1-16-6-9(14)12-8-4-2-7(3-5-8)10(11)13-15/h2-5,15H,6H2,1H3,(H2,11,13)(H,12,14). The van der Waals surface area contributed by atoms with E-state index >= 15 is 0 Å². The van der Waals surface area contributed by atoms with Gasteiger partial charge in [-0.3, -0.25) is 4.79 Å². The summed E-state index contributed by atoms with van der Waals surface area (Å²) < 4.78 is 0. The molecule has 0 unspecified atom stereocenters. The molecule has 0 aliphatic carbocycles. The summed E-state index contributed by atoms with van der Waals surface area (Å²) in [6.07, 6.45) is 1.86. The molecule has 0 radical (unpaired) electrons. The number of carbonyl (C=O) groups excluding carboxylic acids is 1. The number of hydrogen-bond donors (Lipinski definition) is 3. The summed E-state index contributed by atoms with van der Waals surface area (Å²) in [7, 11) is 0. The van der Waals surface area contributed by atoms with Gasteiger partial charge in [0, 0.05) is 11.3 Å². The van der Waals surface area contributed by atoms with E-state index in [9.17, 15) is 4.79 Å². The smallest absolute Gasteiger partial charge is 0.234 e. The van der Waals surface area contributed by atoms with Crippen LogP contribution in [0, 0.1) is 0 Å². The number of nitrogens with two attached hydrogens (primary N) is 1. The average Bonchev–Trinajstić information content (AvgIpc) is 2.29. The summed E-state index contributed by atoms with van der Waals surface area (Å²) in [6.45, 7) is 0. The Morgan fingerprint density at radius 3 is 2.62 bits per heavy atom. The molecule has 0 saturated heterocycles. The van der Waals surface area contributed by atoms with Crippen LogP contribution in [0.3, 0.4) is 0 Å². The maximum absolute atomic E-state index is 11.3. The third-order valence-corrected chi connectivity index (χ3v) is 2.40. The van der Waals surface area contributed by atoms with E-state index in [2.05, 4.69) is 10.5 Å². The minimum atomic E-state index is -0.0518. The number of nitrogens with one attached hydrogen (secondary N) is 1. The van der Waals surface area contributed by atoms with E-state index in [1.165, 1.54) is 11.8 Å². The van der Waals surface area contributed by atoms with Crippen molar-refractivity contribution in [2.75, 3.05) is 17.3 Å². The topological polar surface area (TPSA) is 87.7 Å². The van der Waals surface area contributed by atoms with Crippen LogP contribution in [0.2, 0.25) is 0 Å². The van der Waals surface area contributed by atoms with Crippen molar-refractivity contribution in [3.63, 3.8) is 0 Å². The van der Waals surface area contributed by atoms with E-state index in [1.807, 2.05) is 6.26 Å². The Kier molecular flexibility index (Phi) is 4.65. The van der Waals surface area contributed by atoms with E-state index < -0.39 is 0 Å². The number of carbonyl (C=O) groups is 1. The number of benzene rings is 1. The van der Waals surface area contributed by atoms with Gasteiger partial charge in [-0.2, -0.15) is 11.8 Å². The molecular formula is C10H13N3O2S. The number of amidine groups is 1. The monoisotopic (exact) mass is 239 g/mol. The minimum Gasteiger partial charge on any atom is -0.409 e. The highest BCUT2D eigenvalue weighted by atomic mass is 32.2. The van der Waals surface area contributed by atoms with Crippen LogP contribution in [0.5, 0.6) is 0 Å². The van der Waals surface area contributed by atoms with Crippen molar-refractivity contribution < 1.29 is 10.0 Å². The molecule has 6 heteroatoms. The zero-order valence-electron chi connectivity index (χ0n) is 8.80. The summed E-state index contributed by atoms with van der Waals surface area (Å²) in [6, 6.07) is 6.74. The number of oxime groups is 1. The first-order valence-electron chi connectivity index (χ1n) is 4.54. The van der Waals surface area contributed by atoms with Crippen LogP contribution in [0.1, 0.15) is 5.56 Å². The Morgan fingerprint density at radius 2 is 2.12 bits per heavy atom. The fourth-order valence-electron chi connectivity index (χ4n) is 1.11. The normalized spacial score (nSPS) is 11.2. The quantitative estimate of drug-likeness (QED) is 0.317. The number of amides is 1. The highest BCUT2D eigenvalue weighted by Gasteiger charge is 2.02. The van der Waals surface area contributed by atoms with Gasteiger partial charge in [0.15, 0.2) is 5.84 Å². The molecule has 0 aromatic heterocycles. The number of rotatable bonds is 4. The highest BCUT2D eigenvalue weighted by molar-refractivity contribution is 7.99. The Morgan fingerprint density at radius 1 is 1.50 bits per heavy atom. The van der Waals surface area contributed by atoms with Crippen LogP contribution in [-0.2, 0) is 4.79 Å². The second-order valence-corrected chi connectivity index (χ2v) is 3.91. The Hall–Kier alpha value is -1.69. The molecule has 1 amide bonds. The maximum atomic E-state index is 11.3. The van der Waals surface area contributed by atoms with Gasteiger partial charge < -0.3 is 16.3 Å². The number of nitrogens with zero attached hydrogens (tertiary/aromatic N) is 1. The van der Waals surface area contributed by atoms with Crippen LogP contribution in [0.15, 0.2) is 29.4 Å². The Bertz CT molecular complexity index is 390. The molecule has 0 spiro atoms. The molecule has 0 saturated carbocycles. The summed E-state index contributed by atoms with van der Waals surface area (Å²) >= 11 is 1.46. The summed E-state index contributed by atoms with van der Waals surface area (Å²) in [5.74, 6) is 0.410. The molecule has 0 bridgehead atoms. The van der Waals surface area contributed by atoms with Gasteiger partial charge in [0.1, 0.15) is 0 Å². The highest BCUT2D eigenvalue weighted by Crippen LogP contribution is 2.09. The summed E-state index contributed by atoms with van der Waals surface area (Å²) in [4.78, 5) is 11.3. The van der Waals surface area contributed by atoms with Gasteiger partial charge in [0.05, 0.1) is 5.75 Å². The SMILES string of the molecule is CSCC(=O)Nc1ccc(C(N)=NO)cc1. The summed E-state index contributed by atoms with van der Waals surface area (Å²) in [5, 5.41) is 14.1. The molecule has 86 valence electrons. The molecule has 1 aromatic carbocycles. The van der Waals surface area contributed by atoms with Crippen molar-refractivity contribution in [3.8, 4) is 0 Å². The predicted molar refractivity (Wildman–Crippen MR) is 66.0 cm³/mol. The lowest BCUT2D eigenvalue weighted by atomic mass is 10.2. The molecule has 4 N–H and O–H groups in total. The first kappa shape index (κ1) is 12.4. The molecule has 1 rings (SSSR count). The number of thioether (sulfide) groups is 1. The predicted octanol–water partition coefficient (Wildman–Crippen LogP) is 1.08. The minimum absolute atomic E-state index is 0.0435. The van der Waals surface area contributed by atoms with Crippen LogP contribution in [0.25, 0.3) is 0 Å². The van der Waals surface area contributed by atoms with E-state index in [0.717, 1.165) is 0 Å². The van der Waals surface area contributed by atoms with Gasteiger partial charge >= 0.3 is 0 Å². The van der Waals surface area contributed by atoms with E-state index in [-0.39, 0.29) is 11.7 Å². The molecule has 0 aliphatic rings. The number of anilines is 1. The van der Waals surface area contributed by atoms with E-state index in [4.69, 9.17) is 10.9 Å². The molecule has 0 atom stereocenters. The van der Waals surface area contributed by atoms with Crippen molar-refractivity contribution in [1.29, 1.82) is 0 Å². The van der Waals surface area contributed by atoms with Gasteiger partial charge in [-0.25, -0.2) is 0 Å². The molecular weight excluding hydrogens is 226 g/mol. The van der Waals surface area contributed by atoms with Crippen LogP contribution < -0.4 is 11.1 Å². The molecule has 1 aromatic rings. The average molecular weight is 239 g/mol. The van der Waals surface area contributed by atoms with Gasteiger partial charge in [0.2, 0.25) is 5.91 Å². The third kappa shape index (κ3) is 3.47. The second kappa shape index (κ2) is 6.02. The molecule has 0 heterocycles. The molecule has 0 fully saturated rings. The fourth-order valence-corrected chi connectivity index (χ4v) is 1.44. The Labute approximate surface area is 97.7 Å². The molecule has 0 aliphatic heterocycles. The lowest BCUT2D eigenvalue weighted by Crippen LogP contribution is -2.15. The third-order valence-electron chi connectivity index (χ3n) is 1.85. The van der Waals surface area contributed by atoms with Gasteiger partial charge in [0.25, 0.3) is 0 Å². The van der Waals surface area contributed by atoms with Crippen LogP contribution in [0.4, 0.5) is 5.69 Å². The van der Waals surface area contributed by atoms with Gasteiger partial charge in [-0.1, -0.05) is 5.16 Å². The van der Waals surface area contributed by atoms with Crippen molar-refractivity contribution in [1.82, 2.24) is 0 Å². The molecule has 5 nitrogen and oxygen atoms in total. The van der Waals surface area contributed by atoms with Crippen molar-refractivity contribution in [3.05, 3.63) is 29.8 Å². The van der Waals surface area contributed by atoms with Gasteiger partial charge in [-0.05, 0) is 30.5 Å². The maximum Gasteiger partial charge on any atom is 0.234 e. The second-order valence-electron chi connectivity index (χ2n) is 3.04. The first-order chi connectivity index (χ1) is 7.67. The fraction of sp³-hybridized carbons (Fsp3) is 0.200. The zero-order chi connectivity index (χ0) is 12.0.